The molecule has 0 bridgehead atoms. The molecule has 3 atom stereocenters. The SMILES string of the molecule is CCCCC(C)NCC1CC(CC)CCN1. The van der Waals surface area contributed by atoms with E-state index in [0.29, 0.717) is 12.1 Å². The highest BCUT2D eigenvalue weighted by atomic mass is 15.0. The smallest absolute Gasteiger partial charge is 0.0195 e. The fraction of sp³-hybridized carbons (Fsp3) is 1.00. The van der Waals surface area contributed by atoms with Crippen molar-refractivity contribution in [2.45, 2.75) is 71.4 Å². The molecule has 16 heavy (non-hydrogen) atoms. The lowest BCUT2D eigenvalue weighted by atomic mass is 9.90. The van der Waals surface area contributed by atoms with Crippen LogP contribution in [-0.2, 0) is 0 Å². The van der Waals surface area contributed by atoms with Gasteiger partial charge in [-0.3, -0.25) is 0 Å². The number of hydrogen-bond acceptors (Lipinski definition) is 2. The molecule has 0 saturated carbocycles. The summed E-state index contributed by atoms with van der Waals surface area (Å²) in [7, 11) is 0. The Bertz CT molecular complexity index is 170. The van der Waals surface area contributed by atoms with Crippen LogP contribution in [0.4, 0.5) is 0 Å². The summed E-state index contributed by atoms with van der Waals surface area (Å²) < 4.78 is 0. The maximum Gasteiger partial charge on any atom is 0.0195 e. The van der Waals surface area contributed by atoms with E-state index in [4.69, 9.17) is 0 Å². The fourth-order valence-corrected chi connectivity index (χ4v) is 2.58. The average molecular weight is 226 g/mol. The van der Waals surface area contributed by atoms with Crippen molar-refractivity contribution in [3.05, 3.63) is 0 Å². The van der Waals surface area contributed by atoms with Crippen molar-refractivity contribution in [1.82, 2.24) is 10.6 Å². The molecule has 2 N–H and O–H groups in total. The molecule has 3 unspecified atom stereocenters. The van der Waals surface area contributed by atoms with Gasteiger partial charge >= 0.3 is 0 Å². The molecular weight excluding hydrogens is 196 g/mol. The van der Waals surface area contributed by atoms with Gasteiger partial charge in [0.05, 0.1) is 0 Å². The Kier molecular flexibility index (Phi) is 7.06. The lowest BCUT2D eigenvalue weighted by molar-refractivity contribution is 0.281. The van der Waals surface area contributed by atoms with Crippen molar-refractivity contribution in [2.75, 3.05) is 13.1 Å². The minimum Gasteiger partial charge on any atom is -0.313 e. The van der Waals surface area contributed by atoms with Crippen LogP contribution in [0.2, 0.25) is 0 Å². The van der Waals surface area contributed by atoms with Crippen molar-refractivity contribution in [1.29, 1.82) is 0 Å². The summed E-state index contributed by atoms with van der Waals surface area (Å²) in [5, 5.41) is 7.30. The van der Waals surface area contributed by atoms with Crippen molar-refractivity contribution in [2.24, 2.45) is 5.92 Å². The van der Waals surface area contributed by atoms with E-state index in [1.165, 1.54) is 45.1 Å². The first-order valence-electron chi connectivity index (χ1n) is 7.23. The van der Waals surface area contributed by atoms with Gasteiger partial charge in [-0.05, 0) is 38.6 Å². The Morgan fingerprint density at radius 2 is 2.19 bits per heavy atom. The van der Waals surface area contributed by atoms with E-state index in [1.54, 1.807) is 0 Å². The number of nitrogens with one attached hydrogen (secondary N) is 2. The second-order valence-corrected chi connectivity index (χ2v) is 5.40. The molecule has 0 aliphatic carbocycles. The highest BCUT2D eigenvalue weighted by molar-refractivity contribution is 4.80. The monoisotopic (exact) mass is 226 g/mol. The molecule has 1 aliphatic heterocycles. The van der Waals surface area contributed by atoms with Gasteiger partial charge in [0.25, 0.3) is 0 Å². The van der Waals surface area contributed by atoms with Crippen molar-refractivity contribution in [3.8, 4) is 0 Å². The van der Waals surface area contributed by atoms with Crippen LogP contribution in [0.1, 0.15) is 59.3 Å². The van der Waals surface area contributed by atoms with Gasteiger partial charge in [0.15, 0.2) is 0 Å². The van der Waals surface area contributed by atoms with Crippen LogP contribution >= 0.6 is 0 Å². The second-order valence-electron chi connectivity index (χ2n) is 5.40. The molecule has 0 amide bonds. The number of hydrogen-bond donors (Lipinski definition) is 2. The summed E-state index contributed by atoms with van der Waals surface area (Å²) in [4.78, 5) is 0. The van der Waals surface area contributed by atoms with Crippen LogP contribution in [0.3, 0.4) is 0 Å². The van der Waals surface area contributed by atoms with Gasteiger partial charge in [-0.2, -0.15) is 0 Å². The minimum absolute atomic E-state index is 0.684. The first-order chi connectivity index (χ1) is 7.76. The highest BCUT2D eigenvalue weighted by Gasteiger charge is 2.19. The molecule has 0 aromatic carbocycles. The summed E-state index contributed by atoms with van der Waals surface area (Å²) in [5.74, 6) is 0.957. The summed E-state index contributed by atoms with van der Waals surface area (Å²) in [5.41, 5.74) is 0. The third kappa shape index (κ3) is 5.31. The van der Waals surface area contributed by atoms with Gasteiger partial charge in [-0.25, -0.2) is 0 Å². The number of rotatable bonds is 7. The second kappa shape index (κ2) is 8.08. The molecule has 0 spiro atoms. The van der Waals surface area contributed by atoms with E-state index in [1.807, 2.05) is 0 Å². The third-order valence-corrected chi connectivity index (χ3v) is 3.88. The largest absolute Gasteiger partial charge is 0.313 e. The lowest BCUT2D eigenvalue weighted by Gasteiger charge is -2.30. The molecular formula is C14H30N2. The predicted octanol–water partition coefficient (Wildman–Crippen LogP) is 2.93. The Labute approximate surface area is 102 Å². The topological polar surface area (TPSA) is 24.1 Å². The van der Waals surface area contributed by atoms with E-state index in [-0.39, 0.29) is 0 Å². The molecule has 0 radical (unpaired) electrons. The Morgan fingerprint density at radius 1 is 1.38 bits per heavy atom. The van der Waals surface area contributed by atoms with Gasteiger partial charge in [-0.1, -0.05) is 33.1 Å². The predicted molar refractivity (Wildman–Crippen MR) is 71.8 cm³/mol. The molecule has 1 saturated heterocycles. The van der Waals surface area contributed by atoms with Gasteiger partial charge in [0, 0.05) is 18.6 Å². The van der Waals surface area contributed by atoms with Crippen LogP contribution in [0, 0.1) is 5.92 Å². The van der Waals surface area contributed by atoms with Crippen LogP contribution in [0.15, 0.2) is 0 Å². The molecule has 1 fully saturated rings. The lowest BCUT2D eigenvalue weighted by Crippen LogP contribution is -2.46. The molecule has 0 aromatic heterocycles. The highest BCUT2D eigenvalue weighted by Crippen LogP contribution is 2.18. The zero-order chi connectivity index (χ0) is 11.8. The molecule has 1 heterocycles. The van der Waals surface area contributed by atoms with Crippen LogP contribution in [0.25, 0.3) is 0 Å². The zero-order valence-electron chi connectivity index (χ0n) is 11.4. The molecule has 1 aliphatic rings. The fourth-order valence-electron chi connectivity index (χ4n) is 2.58. The van der Waals surface area contributed by atoms with Gasteiger partial charge in [0.2, 0.25) is 0 Å². The summed E-state index contributed by atoms with van der Waals surface area (Å²) >= 11 is 0. The van der Waals surface area contributed by atoms with E-state index in [2.05, 4.69) is 31.4 Å². The van der Waals surface area contributed by atoms with Crippen LogP contribution < -0.4 is 10.6 Å². The van der Waals surface area contributed by atoms with Gasteiger partial charge < -0.3 is 10.6 Å². The Morgan fingerprint density at radius 3 is 2.88 bits per heavy atom. The van der Waals surface area contributed by atoms with E-state index >= 15 is 0 Å². The minimum atomic E-state index is 0.684. The van der Waals surface area contributed by atoms with Crippen molar-refractivity contribution >= 4 is 0 Å². The Balaban J connectivity index is 2.11. The quantitative estimate of drug-likeness (QED) is 0.697. The average Bonchev–Trinajstić information content (AvgIpc) is 2.34. The van der Waals surface area contributed by atoms with Gasteiger partial charge in [0.1, 0.15) is 0 Å². The van der Waals surface area contributed by atoms with Crippen molar-refractivity contribution < 1.29 is 0 Å². The zero-order valence-corrected chi connectivity index (χ0v) is 11.4. The molecule has 2 heteroatoms. The standard InChI is InChI=1S/C14H30N2/c1-4-6-7-12(3)16-11-14-10-13(5-2)8-9-15-14/h12-16H,4-11H2,1-3H3. The molecule has 1 rings (SSSR count). The first kappa shape index (κ1) is 14.0. The summed E-state index contributed by atoms with van der Waals surface area (Å²) in [6.07, 6.45) is 8.07. The van der Waals surface area contributed by atoms with E-state index in [9.17, 15) is 0 Å². The maximum absolute atomic E-state index is 3.67. The molecule has 0 aromatic rings. The summed E-state index contributed by atoms with van der Waals surface area (Å²) in [6.45, 7) is 9.27. The first-order valence-corrected chi connectivity index (χ1v) is 7.23. The normalized spacial score (nSPS) is 27.9. The number of unbranched alkanes of at least 4 members (excludes halogenated alkanes) is 1. The number of piperidine rings is 1. The van der Waals surface area contributed by atoms with E-state index in [0.717, 1.165) is 12.5 Å². The van der Waals surface area contributed by atoms with E-state index < -0.39 is 0 Å². The van der Waals surface area contributed by atoms with Crippen molar-refractivity contribution in [3.63, 3.8) is 0 Å². The molecule has 2 nitrogen and oxygen atoms in total. The Hall–Kier alpha value is -0.0800. The van der Waals surface area contributed by atoms with Gasteiger partial charge in [-0.15, -0.1) is 0 Å². The summed E-state index contributed by atoms with van der Waals surface area (Å²) in [6, 6.07) is 1.39. The maximum atomic E-state index is 3.67. The molecule has 96 valence electrons. The third-order valence-electron chi connectivity index (χ3n) is 3.88. The van der Waals surface area contributed by atoms with Crippen LogP contribution in [0.5, 0.6) is 0 Å². The van der Waals surface area contributed by atoms with Crippen LogP contribution in [-0.4, -0.2) is 25.2 Å².